The van der Waals surface area contributed by atoms with E-state index >= 15 is 0 Å². The normalized spacial score (nSPS) is 9.90. The van der Waals surface area contributed by atoms with Gasteiger partial charge in [-0.3, -0.25) is 0 Å². The fraction of sp³-hybridized carbons (Fsp3) is 0.188. The maximum atomic E-state index is 9.20. The molecule has 0 fully saturated rings. The maximum Gasteiger partial charge on any atom is 0.121 e. The zero-order valence-electron chi connectivity index (χ0n) is 11.4. The molecular formula is C16H15ClN2O. The molecular weight excluding hydrogens is 272 g/mol. The van der Waals surface area contributed by atoms with Crippen LogP contribution in [-0.2, 0) is 6.54 Å². The molecule has 0 spiro atoms. The van der Waals surface area contributed by atoms with Gasteiger partial charge in [0.25, 0.3) is 0 Å². The van der Waals surface area contributed by atoms with Crippen molar-refractivity contribution < 1.29 is 4.74 Å². The van der Waals surface area contributed by atoms with Crippen LogP contribution in [0.25, 0.3) is 0 Å². The van der Waals surface area contributed by atoms with Crippen LogP contribution in [-0.4, -0.2) is 14.2 Å². The van der Waals surface area contributed by atoms with Crippen molar-refractivity contribution in [1.29, 1.82) is 5.26 Å². The second-order valence-electron chi connectivity index (χ2n) is 4.48. The number of hydrogen-bond acceptors (Lipinski definition) is 3. The predicted octanol–water partition coefficient (Wildman–Crippen LogP) is 3.86. The van der Waals surface area contributed by atoms with Gasteiger partial charge in [-0.25, -0.2) is 0 Å². The lowest BCUT2D eigenvalue weighted by molar-refractivity contribution is 0.415. The third-order valence-electron chi connectivity index (χ3n) is 3.07. The molecule has 0 aliphatic carbocycles. The van der Waals surface area contributed by atoms with Crippen molar-refractivity contribution in [2.24, 2.45) is 0 Å². The Morgan fingerprint density at radius 1 is 1.20 bits per heavy atom. The van der Waals surface area contributed by atoms with Gasteiger partial charge in [-0.15, -0.1) is 0 Å². The Kier molecular flexibility index (Phi) is 4.49. The number of nitriles is 1. The number of rotatable bonds is 4. The average Bonchev–Trinajstić information content (AvgIpc) is 2.48. The molecule has 2 rings (SSSR count). The molecule has 0 aromatic heterocycles. The number of methoxy groups -OCH3 is 1. The zero-order chi connectivity index (χ0) is 14.5. The molecule has 0 aliphatic heterocycles. The summed E-state index contributed by atoms with van der Waals surface area (Å²) >= 11 is 5.88. The smallest absolute Gasteiger partial charge is 0.121 e. The largest absolute Gasteiger partial charge is 0.497 e. The van der Waals surface area contributed by atoms with E-state index in [0.717, 1.165) is 22.0 Å². The van der Waals surface area contributed by atoms with Gasteiger partial charge in [-0.05, 0) is 29.8 Å². The highest BCUT2D eigenvalue weighted by atomic mass is 35.5. The summed E-state index contributed by atoms with van der Waals surface area (Å²) in [7, 11) is 3.56. The van der Waals surface area contributed by atoms with E-state index in [1.807, 2.05) is 42.3 Å². The quantitative estimate of drug-likeness (QED) is 0.856. The molecule has 0 N–H and O–H groups in total. The second-order valence-corrected chi connectivity index (χ2v) is 4.91. The van der Waals surface area contributed by atoms with Crippen LogP contribution >= 0.6 is 11.6 Å². The molecule has 0 radical (unpaired) electrons. The minimum absolute atomic E-state index is 0.627. The third kappa shape index (κ3) is 3.23. The predicted molar refractivity (Wildman–Crippen MR) is 81.3 cm³/mol. The van der Waals surface area contributed by atoms with Gasteiger partial charge in [0.15, 0.2) is 0 Å². The molecule has 0 unspecified atom stereocenters. The topological polar surface area (TPSA) is 36.3 Å². The van der Waals surface area contributed by atoms with Crippen LogP contribution < -0.4 is 9.64 Å². The van der Waals surface area contributed by atoms with Gasteiger partial charge in [-0.2, -0.15) is 5.26 Å². The Labute approximate surface area is 124 Å². The van der Waals surface area contributed by atoms with Crippen LogP contribution in [0, 0.1) is 11.3 Å². The van der Waals surface area contributed by atoms with Gasteiger partial charge < -0.3 is 9.64 Å². The van der Waals surface area contributed by atoms with Crippen molar-refractivity contribution >= 4 is 17.3 Å². The third-order valence-corrected chi connectivity index (χ3v) is 3.32. The van der Waals surface area contributed by atoms with Gasteiger partial charge in [-0.1, -0.05) is 23.7 Å². The maximum absolute atomic E-state index is 9.20. The van der Waals surface area contributed by atoms with Crippen LogP contribution in [0.2, 0.25) is 5.02 Å². The Balaban J connectivity index is 2.26. The summed E-state index contributed by atoms with van der Waals surface area (Å²) < 4.78 is 5.22. The second kappa shape index (κ2) is 6.31. The van der Waals surface area contributed by atoms with E-state index in [-0.39, 0.29) is 0 Å². The summed E-state index contributed by atoms with van der Waals surface area (Å²) in [6.07, 6.45) is 0. The lowest BCUT2D eigenvalue weighted by atomic mass is 10.1. The number of halogens is 1. The van der Waals surface area contributed by atoms with Gasteiger partial charge in [0, 0.05) is 24.7 Å². The summed E-state index contributed by atoms with van der Waals surface area (Å²) in [5.74, 6) is 0.738. The molecule has 3 nitrogen and oxygen atoms in total. The first kappa shape index (κ1) is 14.2. The van der Waals surface area contributed by atoms with Gasteiger partial charge >= 0.3 is 0 Å². The lowest BCUT2D eigenvalue weighted by Crippen LogP contribution is -2.17. The van der Waals surface area contributed by atoms with E-state index in [0.29, 0.717) is 12.1 Å². The van der Waals surface area contributed by atoms with E-state index in [2.05, 4.69) is 6.07 Å². The van der Waals surface area contributed by atoms with Crippen LogP contribution in [0.1, 0.15) is 11.1 Å². The minimum Gasteiger partial charge on any atom is -0.497 e. The summed E-state index contributed by atoms with van der Waals surface area (Å²) in [4.78, 5) is 2.02. The van der Waals surface area contributed by atoms with Gasteiger partial charge in [0.05, 0.1) is 18.4 Å². The average molecular weight is 287 g/mol. The fourth-order valence-corrected chi connectivity index (χ4v) is 2.12. The Hall–Kier alpha value is -2.18. The molecule has 2 aromatic carbocycles. The van der Waals surface area contributed by atoms with Crippen molar-refractivity contribution in [2.75, 3.05) is 19.1 Å². The highest BCUT2D eigenvalue weighted by molar-refractivity contribution is 6.30. The van der Waals surface area contributed by atoms with E-state index < -0.39 is 0 Å². The molecule has 0 atom stereocenters. The number of anilines is 1. The molecule has 2 aromatic rings. The lowest BCUT2D eigenvalue weighted by Gasteiger charge is -2.21. The van der Waals surface area contributed by atoms with Gasteiger partial charge in [0.2, 0.25) is 0 Å². The van der Waals surface area contributed by atoms with Crippen molar-refractivity contribution in [3.8, 4) is 11.8 Å². The van der Waals surface area contributed by atoms with E-state index in [1.165, 1.54) is 0 Å². The highest BCUT2D eigenvalue weighted by Crippen LogP contribution is 2.26. The summed E-state index contributed by atoms with van der Waals surface area (Å²) in [5, 5.41) is 9.92. The molecule has 0 bridgehead atoms. The van der Waals surface area contributed by atoms with Crippen LogP contribution in [0.5, 0.6) is 5.75 Å². The van der Waals surface area contributed by atoms with E-state index in [4.69, 9.17) is 16.3 Å². The van der Waals surface area contributed by atoms with Crippen LogP contribution in [0.3, 0.4) is 0 Å². The molecule has 0 aliphatic rings. The van der Waals surface area contributed by atoms with Crippen molar-refractivity contribution in [3.05, 3.63) is 58.6 Å². The SMILES string of the molecule is COc1ccc(C#N)c(N(C)Cc2ccc(Cl)cc2)c1. The molecule has 0 saturated carbocycles. The first-order valence-corrected chi connectivity index (χ1v) is 6.55. The number of ether oxygens (including phenoxy) is 1. The van der Waals surface area contributed by atoms with Crippen molar-refractivity contribution in [2.45, 2.75) is 6.54 Å². The van der Waals surface area contributed by atoms with Crippen LogP contribution in [0.4, 0.5) is 5.69 Å². The Morgan fingerprint density at radius 2 is 1.90 bits per heavy atom. The first-order valence-electron chi connectivity index (χ1n) is 6.17. The van der Waals surface area contributed by atoms with Crippen LogP contribution in [0.15, 0.2) is 42.5 Å². The van der Waals surface area contributed by atoms with Crippen molar-refractivity contribution in [1.82, 2.24) is 0 Å². The minimum atomic E-state index is 0.627. The number of nitrogens with zero attached hydrogens (tertiary/aromatic N) is 2. The summed E-state index contributed by atoms with van der Waals surface area (Å²) in [5.41, 5.74) is 2.60. The molecule has 0 heterocycles. The monoisotopic (exact) mass is 286 g/mol. The van der Waals surface area contributed by atoms with E-state index in [1.54, 1.807) is 19.2 Å². The zero-order valence-corrected chi connectivity index (χ0v) is 12.2. The van der Waals surface area contributed by atoms with E-state index in [9.17, 15) is 5.26 Å². The first-order chi connectivity index (χ1) is 9.63. The number of benzene rings is 2. The Morgan fingerprint density at radius 3 is 2.50 bits per heavy atom. The fourth-order valence-electron chi connectivity index (χ4n) is 2.00. The number of hydrogen-bond donors (Lipinski definition) is 0. The molecule has 0 amide bonds. The highest BCUT2D eigenvalue weighted by Gasteiger charge is 2.09. The standard InChI is InChI=1S/C16H15ClN2O/c1-19(11-12-3-6-14(17)7-4-12)16-9-15(20-2)8-5-13(16)10-18/h3-9H,11H2,1-2H3. The Bertz CT molecular complexity index is 632. The molecule has 0 saturated heterocycles. The molecule has 20 heavy (non-hydrogen) atoms. The van der Waals surface area contributed by atoms with Gasteiger partial charge in [0.1, 0.15) is 11.8 Å². The summed E-state index contributed by atoms with van der Waals surface area (Å²) in [6.45, 7) is 0.693. The molecule has 4 heteroatoms. The summed E-state index contributed by atoms with van der Waals surface area (Å²) in [6, 6.07) is 15.3. The molecule has 102 valence electrons. The van der Waals surface area contributed by atoms with Crippen molar-refractivity contribution in [3.63, 3.8) is 0 Å².